The van der Waals surface area contributed by atoms with Gasteiger partial charge in [0, 0.05) is 12.3 Å². The molecule has 0 unspecified atom stereocenters. The Morgan fingerprint density at radius 2 is 2.00 bits per heavy atom. The zero-order chi connectivity index (χ0) is 15.0. The van der Waals surface area contributed by atoms with E-state index in [1.807, 2.05) is 0 Å². The van der Waals surface area contributed by atoms with Crippen LogP contribution < -0.4 is 0 Å². The third-order valence-electron chi connectivity index (χ3n) is 2.59. The van der Waals surface area contributed by atoms with Crippen LogP contribution in [0.25, 0.3) is 5.69 Å². The van der Waals surface area contributed by atoms with E-state index >= 15 is 0 Å². The molecule has 0 saturated carbocycles. The summed E-state index contributed by atoms with van der Waals surface area (Å²) in [6.45, 7) is 1.49. The number of aromatic nitrogens is 2. The van der Waals surface area contributed by atoms with Crippen molar-refractivity contribution in [3.63, 3.8) is 0 Å². The van der Waals surface area contributed by atoms with Crippen LogP contribution in [-0.4, -0.2) is 25.8 Å². The highest BCUT2D eigenvalue weighted by Gasteiger charge is 2.21. The maximum atomic E-state index is 11.0. The molecular formula is C11H7Cl2N3O4. The van der Waals surface area contributed by atoms with Crippen molar-refractivity contribution in [2.75, 3.05) is 0 Å². The number of nitrogens with zero attached hydrogens (tertiary/aromatic N) is 3. The quantitative estimate of drug-likeness (QED) is 0.693. The van der Waals surface area contributed by atoms with Crippen LogP contribution in [0, 0.1) is 17.0 Å². The van der Waals surface area contributed by atoms with E-state index in [4.69, 9.17) is 28.3 Å². The molecule has 20 heavy (non-hydrogen) atoms. The number of hydrogen-bond donors (Lipinski definition) is 1. The summed E-state index contributed by atoms with van der Waals surface area (Å²) in [4.78, 5) is 21.4. The standard InChI is InChI=1S/C11H7Cl2N3O4/c1-5-6(11(17)18)4-15(14-5)9-2-7(12)8(13)3-10(9)16(19)20/h2-4H,1H3,(H,17,18). The molecule has 2 rings (SSSR count). The number of halogens is 2. The second-order valence-corrected chi connectivity index (χ2v) is 4.70. The van der Waals surface area contributed by atoms with Gasteiger partial charge in [0.1, 0.15) is 11.3 Å². The number of benzene rings is 1. The van der Waals surface area contributed by atoms with Gasteiger partial charge in [0.15, 0.2) is 0 Å². The molecule has 0 spiro atoms. The number of aryl methyl sites for hydroxylation is 1. The zero-order valence-electron chi connectivity index (χ0n) is 10.0. The van der Waals surface area contributed by atoms with Gasteiger partial charge in [-0.1, -0.05) is 23.2 Å². The Labute approximate surface area is 122 Å². The fourth-order valence-corrected chi connectivity index (χ4v) is 1.96. The molecule has 2 aromatic rings. The van der Waals surface area contributed by atoms with Crippen LogP contribution in [0.4, 0.5) is 5.69 Å². The van der Waals surface area contributed by atoms with Crippen molar-refractivity contribution < 1.29 is 14.8 Å². The number of nitro benzene ring substituents is 1. The van der Waals surface area contributed by atoms with Crippen molar-refractivity contribution in [1.82, 2.24) is 9.78 Å². The van der Waals surface area contributed by atoms with Crippen molar-refractivity contribution in [3.05, 3.63) is 49.7 Å². The highest BCUT2D eigenvalue weighted by atomic mass is 35.5. The van der Waals surface area contributed by atoms with Crippen molar-refractivity contribution >= 4 is 34.9 Å². The van der Waals surface area contributed by atoms with Gasteiger partial charge in [0.2, 0.25) is 0 Å². The van der Waals surface area contributed by atoms with Crippen LogP contribution in [0.3, 0.4) is 0 Å². The number of aromatic carboxylic acids is 1. The smallest absolute Gasteiger partial charge is 0.339 e. The van der Waals surface area contributed by atoms with Crippen molar-refractivity contribution in [3.8, 4) is 5.69 Å². The minimum Gasteiger partial charge on any atom is -0.478 e. The lowest BCUT2D eigenvalue weighted by Crippen LogP contribution is -2.01. The van der Waals surface area contributed by atoms with Gasteiger partial charge in [0.05, 0.1) is 20.7 Å². The van der Waals surface area contributed by atoms with Crippen molar-refractivity contribution in [1.29, 1.82) is 0 Å². The van der Waals surface area contributed by atoms with Crippen molar-refractivity contribution in [2.24, 2.45) is 0 Å². The molecule has 0 aliphatic carbocycles. The molecule has 0 aliphatic heterocycles. The van der Waals surface area contributed by atoms with E-state index in [1.54, 1.807) is 0 Å². The Morgan fingerprint density at radius 1 is 1.40 bits per heavy atom. The van der Waals surface area contributed by atoms with Crippen LogP contribution in [0.2, 0.25) is 10.0 Å². The average Bonchev–Trinajstić information content (AvgIpc) is 2.74. The van der Waals surface area contributed by atoms with Crippen LogP contribution in [0.1, 0.15) is 16.1 Å². The van der Waals surface area contributed by atoms with Crippen molar-refractivity contribution in [2.45, 2.75) is 6.92 Å². The predicted octanol–water partition coefficient (Wildman–Crippen LogP) is 3.09. The molecule has 9 heteroatoms. The van der Waals surface area contributed by atoms with Gasteiger partial charge in [-0.25, -0.2) is 9.48 Å². The van der Waals surface area contributed by atoms with Gasteiger partial charge in [-0.05, 0) is 13.0 Å². The number of nitro groups is 1. The molecule has 0 bridgehead atoms. The van der Waals surface area contributed by atoms with Gasteiger partial charge >= 0.3 is 5.97 Å². The average molecular weight is 316 g/mol. The van der Waals surface area contributed by atoms with E-state index < -0.39 is 10.9 Å². The maximum absolute atomic E-state index is 11.0. The number of rotatable bonds is 3. The maximum Gasteiger partial charge on any atom is 0.339 e. The zero-order valence-corrected chi connectivity index (χ0v) is 11.5. The summed E-state index contributed by atoms with van der Waals surface area (Å²) >= 11 is 11.6. The first-order valence-corrected chi connectivity index (χ1v) is 6.00. The summed E-state index contributed by atoms with van der Waals surface area (Å²) in [6, 6.07) is 2.36. The molecule has 0 atom stereocenters. The van der Waals surface area contributed by atoms with E-state index in [9.17, 15) is 14.9 Å². The molecule has 1 heterocycles. The molecule has 104 valence electrons. The van der Waals surface area contributed by atoms with E-state index in [1.165, 1.54) is 19.2 Å². The monoisotopic (exact) mass is 315 g/mol. The first-order valence-electron chi connectivity index (χ1n) is 5.24. The second-order valence-electron chi connectivity index (χ2n) is 3.89. The highest BCUT2D eigenvalue weighted by Crippen LogP contribution is 2.32. The normalized spacial score (nSPS) is 10.6. The Balaban J connectivity index is 2.68. The summed E-state index contributed by atoms with van der Waals surface area (Å²) in [5.74, 6) is -1.17. The molecule has 0 fully saturated rings. The minimum absolute atomic E-state index is 0.0319. The topological polar surface area (TPSA) is 98.3 Å². The summed E-state index contributed by atoms with van der Waals surface area (Å²) in [7, 11) is 0. The van der Waals surface area contributed by atoms with Gasteiger partial charge in [-0.2, -0.15) is 5.10 Å². The first-order chi connectivity index (χ1) is 9.31. The van der Waals surface area contributed by atoms with Crippen LogP contribution in [0.15, 0.2) is 18.3 Å². The molecule has 1 aromatic heterocycles. The number of carboxylic acid groups (broad SMARTS) is 1. The third kappa shape index (κ3) is 2.45. The first kappa shape index (κ1) is 14.3. The molecule has 1 aromatic carbocycles. The fourth-order valence-electron chi connectivity index (χ4n) is 1.65. The molecule has 7 nitrogen and oxygen atoms in total. The number of carboxylic acids is 1. The summed E-state index contributed by atoms with van der Waals surface area (Å²) in [5, 5.41) is 24.1. The predicted molar refractivity (Wildman–Crippen MR) is 71.9 cm³/mol. The lowest BCUT2D eigenvalue weighted by atomic mass is 10.2. The van der Waals surface area contributed by atoms with E-state index in [-0.39, 0.29) is 32.7 Å². The largest absolute Gasteiger partial charge is 0.478 e. The molecule has 0 saturated heterocycles. The van der Waals surface area contributed by atoms with Crippen LogP contribution in [0.5, 0.6) is 0 Å². The summed E-state index contributed by atoms with van der Waals surface area (Å²) in [6.07, 6.45) is 1.18. The molecular weight excluding hydrogens is 309 g/mol. The molecule has 0 amide bonds. The summed E-state index contributed by atoms with van der Waals surface area (Å²) in [5.41, 5.74) is -0.0953. The fraction of sp³-hybridized carbons (Fsp3) is 0.0909. The Bertz CT molecular complexity index is 727. The molecule has 0 radical (unpaired) electrons. The minimum atomic E-state index is -1.17. The summed E-state index contributed by atoms with van der Waals surface area (Å²) < 4.78 is 1.10. The van der Waals surface area contributed by atoms with E-state index in [0.717, 1.165) is 10.7 Å². The number of carbonyl (C=O) groups is 1. The molecule has 0 aliphatic rings. The lowest BCUT2D eigenvalue weighted by Gasteiger charge is -2.04. The molecule has 1 N–H and O–H groups in total. The Morgan fingerprint density at radius 3 is 2.50 bits per heavy atom. The number of hydrogen-bond acceptors (Lipinski definition) is 4. The SMILES string of the molecule is Cc1nn(-c2cc(Cl)c(Cl)cc2[N+](=O)[O-])cc1C(=O)O. The Kier molecular flexibility index (Phi) is 3.65. The van der Waals surface area contributed by atoms with E-state index in [2.05, 4.69) is 5.10 Å². The van der Waals surface area contributed by atoms with E-state index in [0.29, 0.717) is 0 Å². The second kappa shape index (κ2) is 5.10. The van der Waals surface area contributed by atoms with Gasteiger partial charge < -0.3 is 5.11 Å². The van der Waals surface area contributed by atoms with Crippen LogP contribution >= 0.6 is 23.2 Å². The van der Waals surface area contributed by atoms with Gasteiger partial charge in [0.25, 0.3) is 5.69 Å². The van der Waals surface area contributed by atoms with Crippen LogP contribution in [-0.2, 0) is 0 Å². The van der Waals surface area contributed by atoms with Gasteiger partial charge in [-0.15, -0.1) is 0 Å². The third-order valence-corrected chi connectivity index (χ3v) is 3.31. The highest BCUT2D eigenvalue weighted by molar-refractivity contribution is 6.42. The van der Waals surface area contributed by atoms with Gasteiger partial charge in [-0.3, -0.25) is 10.1 Å². The lowest BCUT2D eigenvalue weighted by molar-refractivity contribution is -0.384. The Hall–Kier alpha value is -2.12.